The number of aliphatic hydroxyl groups is 1. The Hall–Kier alpha value is -1.63. The van der Waals surface area contributed by atoms with Gasteiger partial charge in [0.15, 0.2) is 5.60 Å². The first kappa shape index (κ1) is 22.4. The second-order valence-electron chi connectivity index (χ2n) is 6.27. The van der Waals surface area contributed by atoms with Crippen molar-refractivity contribution in [2.75, 3.05) is 0 Å². The van der Waals surface area contributed by atoms with Crippen molar-refractivity contribution in [3.8, 4) is 0 Å². The van der Waals surface area contributed by atoms with Crippen LogP contribution < -0.4 is 0 Å². The highest BCUT2D eigenvalue weighted by molar-refractivity contribution is 6.35. The van der Waals surface area contributed by atoms with Gasteiger partial charge < -0.3 is 15.3 Å². The Bertz CT molecular complexity index is 661. The number of Topliss-reactive ketones (excluding diaryl/α,β-unsaturated/α-hetero) is 1. The molecule has 0 aliphatic heterocycles. The molecule has 0 radical (unpaired) electrons. The molecule has 0 spiro atoms. The Balaban J connectivity index is 2.29. The number of unbranched alkanes of at least 4 members (excludes halogenated alkanes) is 3. The van der Waals surface area contributed by atoms with Crippen molar-refractivity contribution < 1.29 is 29.7 Å². The van der Waals surface area contributed by atoms with E-state index in [4.69, 9.17) is 33.4 Å². The summed E-state index contributed by atoms with van der Waals surface area (Å²) in [7, 11) is 0. The maximum atomic E-state index is 11.8. The van der Waals surface area contributed by atoms with Gasteiger partial charge >= 0.3 is 11.9 Å². The fraction of sp³-hybridized carbons (Fsp3) is 0.500. The number of carboxylic acids is 2. The van der Waals surface area contributed by atoms with Crippen LogP contribution in [0.3, 0.4) is 0 Å². The van der Waals surface area contributed by atoms with Gasteiger partial charge in [-0.1, -0.05) is 42.1 Å². The number of hydrogen-bond acceptors (Lipinski definition) is 4. The number of carbonyl (C=O) groups is 3. The maximum Gasteiger partial charge on any atom is 0.336 e. The summed E-state index contributed by atoms with van der Waals surface area (Å²) in [4.78, 5) is 33.5. The summed E-state index contributed by atoms with van der Waals surface area (Å²) < 4.78 is 0. The summed E-state index contributed by atoms with van der Waals surface area (Å²) in [5.41, 5.74) is -1.54. The third kappa shape index (κ3) is 7.72. The number of carboxylic acid groups (broad SMARTS) is 2. The molecule has 0 aliphatic carbocycles. The molecular weight excluding hydrogens is 383 g/mol. The molecule has 0 saturated carbocycles. The summed E-state index contributed by atoms with van der Waals surface area (Å²) in [6.07, 6.45) is 2.26. The molecule has 0 aliphatic rings. The summed E-state index contributed by atoms with van der Waals surface area (Å²) in [6, 6.07) is 5.35. The Morgan fingerprint density at radius 2 is 1.62 bits per heavy atom. The molecule has 1 aromatic carbocycles. The third-order valence-electron chi connectivity index (χ3n) is 4.00. The minimum absolute atomic E-state index is 0.108. The molecule has 6 nitrogen and oxygen atoms in total. The van der Waals surface area contributed by atoms with Crippen molar-refractivity contribution in [1.29, 1.82) is 0 Å². The van der Waals surface area contributed by atoms with Crippen molar-refractivity contribution in [2.45, 2.75) is 57.0 Å². The molecule has 0 unspecified atom stereocenters. The molecule has 0 amide bonds. The molecule has 0 saturated heterocycles. The summed E-state index contributed by atoms with van der Waals surface area (Å²) in [5.74, 6) is -3.63. The van der Waals surface area contributed by atoms with Gasteiger partial charge in [0.05, 0.1) is 6.42 Å². The molecule has 1 rings (SSSR count). The molecule has 1 aromatic rings. The van der Waals surface area contributed by atoms with Crippen LogP contribution in [-0.4, -0.2) is 38.6 Å². The lowest BCUT2D eigenvalue weighted by Crippen LogP contribution is -2.42. The lowest BCUT2D eigenvalue weighted by Gasteiger charge is -2.20. The van der Waals surface area contributed by atoms with E-state index in [0.717, 1.165) is 31.2 Å². The first-order chi connectivity index (χ1) is 12.1. The Labute approximate surface area is 161 Å². The standard InChI is InChI=1S/C18H22Cl2O6/c19-13-8-7-12(15(20)9-13)5-3-1-2-4-6-14(21)10-18(26,17(24)25)11-16(22)23/h7-9,26H,1-6,10-11H2,(H,22,23)(H,24,25)/t18-/m0/s1. The summed E-state index contributed by atoms with van der Waals surface area (Å²) >= 11 is 11.9. The van der Waals surface area contributed by atoms with Gasteiger partial charge in [0.25, 0.3) is 0 Å². The van der Waals surface area contributed by atoms with E-state index in [-0.39, 0.29) is 6.42 Å². The van der Waals surface area contributed by atoms with Crippen LogP contribution in [0.25, 0.3) is 0 Å². The number of rotatable bonds is 12. The van der Waals surface area contributed by atoms with Crippen LogP contribution in [0.2, 0.25) is 10.0 Å². The second kappa shape index (κ2) is 10.5. The smallest absolute Gasteiger partial charge is 0.336 e. The van der Waals surface area contributed by atoms with E-state index in [0.29, 0.717) is 16.5 Å². The van der Waals surface area contributed by atoms with Gasteiger partial charge in [-0.25, -0.2) is 4.79 Å². The Kier molecular flexibility index (Phi) is 9.05. The lowest BCUT2D eigenvalue weighted by atomic mass is 9.91. The van der Waals surface area contributed by atoms with E-state index < -0.39 is 36.2 Å². The van der Waals surface area contributed by atoms with Crippen LogP contribution in [-0.2, 0) is 20.8 Å². The van der Waals surface area contributed by atoms with Crippen molar-refractivity contribution in [3.05, 3.63) is 33.8 Å². The lowest BCUT2D eigenvalue weighted by molar-refractivity contribution is -0.167. The van der Waals surface area contributed by atoms with Crippen molar-refractivity contribution in [2.24, 2.45) is 0 Å². The van der Waals surface area contributed by atoms with Gasteiger partial charge in [-0.3, -0.25) is 9.59 Å². The van der Waals surface area contributed by atoms with Gasteiger partial charge in [0, 0.05) is 22.9 Å². The molecule has 0 bridgehead atoms. The number of hydrogen-bond donors (Lipinski definition) is 3. The van der Waals surface area contributed by atoms with E-state index in [1.54, 1.807) is 12.1 Å². The van der Waals surface area contributed by atoms with E-state index in [1.807, 2.05) is 6.07 Å². The molecular formula is C18H22Cl2O6. The molecule has 0 fully saturated rings. The van der Waals surface area contributed by atoms with Crippen LogP contribution in [0.15, 0.2) is 18.2 Å². The zero-order valence-corrected chi connectivity index (χ0v) is 15.7. The zero-order chi connectivity index (χ0) is 19.7. The minimum Gasteiger partial charge on any atom is -0.481 e. The molecule has 26 heavy (non-hydrogen) atoms. The largest absolute Gasteiger partial charge is 0.481 e. The molecule has 1 atom stereocenters. The molecule has 3 N–H and O–H groups in total. The van der Waals surface area contributed by atoms with Crippen LogP contribution in [0.5, 0.6) is 0 Å². The van der Waals surface area contributed by atoms with E-state index in [2.05, 4.69) is 0 Å². The van der Waals surface area contributed by atoms with E-state index in [1.165, 1.54) is 0 Å². The van der Waals surface area contributed by atoms with E-state index in [9.17, 15) is 19.5 Å². The SMILES string of the molecule is O=C(O)C[C@@](O)(CC(=O)CCCCCCc1ccc(Cl)cc1Cl)C(=O)O. The summed E-state index contributed by atoms with van der Waals surface area (Å²) in [5, 5.41) is 28.6. The highest BCUT2D eigenvalue weighted by Crippen LogP contribution is 2.23. The quantitative estimate of drug-likeness (QED) is 0.457. The normalized spacial score (nSPS) is 13.2. The average Bonchev–Trinajstić information content (AvgIpc) is 2.51. The predicted octanol–water partition coefficient (Wildman–Crippen LogP) is 3.74. The van der Waals surface area contributed by atoms with E-state index >= 15 is 0 Å². The van der Waals surface area contributed by atoms with Gasteiger partial charge in [0.2, 0.25) is 0 Å². The first-order valence-corrected chi connectivity index (χ1v) is 9.03. The van der Waals surface area contributed by atoms with Crippen molar-refractivity contribution in [3.63, 3.8) is 0 Å². The van der Waals surface area contributed by atoms with Crippen molar-refractivity contribution >= 4 is 40.9 Å². The molecule has 0 heterocycles. The number of benzene rings is 1. The fourth-order valence-electron chi connectivity index (χ4n) is 2.59. The maximum absolute atomic E-state index is 11.8. The van der Waals surface area contributed by atoms with Gasteiger partial charge in [-0.05, 0) is 37.0 Å². The monoisotopic (exact) mass is 404 g/mol. The number of halogens is 2. The number of ketones is 1. The minimum atomic E-state index is -2.55. The molecule has 144 valence electrons. The molecule has 0 aromatic heterocycles. The van der Waals surface area contributed by atoms with Crippen LogP contribution in [0.1, 0.15) is 50.5 Å². The van der Waals surface area contributed by atoms with Gasteiger partial charge in [0.1, 0.15) is 5.78 Å². The Morgan fingerprint density at radius 3 is 2.19 bits per heavy atom. The Morgan fingerprint density at radius 1 is 0.962 bits per heavy atom. The van der Waals surface area contributed by atoms with Crippen LogP contribution >= 0.6 is 23.2 Å². The van der Waals surface area contributed by atoms with Crippen LogP contribution in [0.4, 0.5) is 0 Å². The molecule has 8 heteroatoms. The predicted molar refractivity (Wildman–Crippen MR) is 97.7 cm³/mol. The first-order valence-electron chi connectivity index (χ1n) is 8.27. The topological polar surface area (TPSA) is 112 Å². The second-order valence-corrected chi connectivity index (χ2v) is 7.12. The highest BCUT2D eigenvalue weighted by atomic mass is 35.5. The van der Waals surface area contributed by atoms with Crippen LogP contribution in [0, 0.1) is 0 Å². The van der Waals surface area contributed by atoms with Crippen molar-refractivity contribution in [1.82, 2.24) is 0 Å². The number of aryl methyl sites for hydroxylation is 1. The third-order valence-corrected chi connectivity index (χ3v) is 4.59. The van der Waals surface area contributed by atoms with Gasteiger partial charge in [-0.2, -0.15) is 0 Å². The number of carbonyl (C=O) groups excluding carboxylic acids is 1. The fourth-order valence-corrected chi connectivity index (χ4v) is 3.10. The zero-order valence-electron chi connectivity index (χ0n) is 14.2. The van der Waals surface area contributed by atoms with Gasteiger partial charge in [-0.15, -0.1) is 0 Å². The average molecular weight is 405 g/mol. The number of aliphatic carboxylic acids is 2. The highest BCUT2D eigenvalue weighted by Gasteiger charge is 2.40. The summed E-state index contributed by atoms with van der Waals surface area (Å²) in [6.45, 7) is 0.